The molecule has 0 bridgehead atoms. The Morgan fingerprint density at radius 1 is 0.889 bits per heavy atom. The lowest BCUT2D eigenvalue weighted by atomic mass is 9.89. The van der Waals surface area contributed by atoms with Gasteiger partial charge in [0.05, 0.1) is 12.1 Å². The van der Waals surface area contributed by atoms with Crippen LogP contribution in [0.15, 0.2) is 103 Å². The van der Waals surface area contributed by atoms with E-state index >= 15 is 0 Å². The summed E-state index contributed by atoms with van der Waals surface area (Å²) in [6.07, 6.45) is 1.98. The van der Waals surface area contributed by atoms with Crippen LogP contribution < -0.4 is 9.80 Å². The van der Waals surface area contributed by atoms with Crippen molar-refractivity contribution < 1.29 is 19.1 Å². The summed E-state index contributed by atoms with van der Waals surface area (Å²) in [7, 11) is 0. The Bertz CT molecular complexity index is 1680. The molecule has 0 saturated carbocycles. The first-order chi connectivity index (χ1) is 21.8. The van der Waals surface area contributed by atoms with Crippen molar-refractivity contribution >= 4 is 40.9 Å². The van der Waals surface area contributed by atoms with Crippen LogP contribution in [-0.2, 0) is 16.1 Å². The molecule has 4 aromatic carbocycles. The number of fused-ring (bicyclic) bond motifs is 1. The quantitative estimate of drug-likeness (QED) is 0.217. The van der Waals surface area contributed by atoms with E-state index in [2.05, 4.69) is 0 Å². The molecule has 1 unspecified atom stereocenters. The molecule has 3 amide bonds. The Balaban J connectivity index is 1.21. The van der Waals surface area contributed by atoms with E-state index in [0.29, 0.717) is 23.6 Å². The van der Waals surface area contributed by atoms with Gasteiger partial charge in [-0.25, -0.2) is 4.79 Å². The third-order valence-corrected chi connectivity index (χ3v) is 9.02. The minimum absolute atomic E-state index is 0.0791. The molecule has 230 valence electrons. The zero-order chi connectivity index (χ0) is 31.5. The van der Waals surface area contributed by atoms with E-state index in [9.17, 15) is 14.4 Å². The molecule has 0 spiro atoms. The van der Waals surface area contributed by atoms with Gasteiger partial charge in [0, 0.05) is 41.5 Å². The van der Waals surface area contributed by atoms with Gasteiger partial charge in [-0.2, -0.15) is 0 Å². The molecule has 1 fully saturated rings. The second kappa shape index (κ2) is 13.2. The Labute approximate surface area is 269 Å². The van der Waals surface area contributed by atoms with Gasteiger partial charge in [-0.1, -0.05) is 72.3 Å². The average molecular weight is 622 g/mol. The number of likely N-dealkylation sites (tertiary alicyclic amines) is 1. The maximum absolute atomic E-state index is 14.1. The van der Waals surface area contributed by atoms with Crippen molar-refractivity contribution in [2.75, 3.05) is 16.3 Å². The van der Waals surface area contributed by atoms with Gasteiger partial charge < -0.3 is 19.4 Å². The van der Waals surface area contributed by atoms with Crippen molar-refractivity contribution in [1.82, 2.24) is 4.90 Å². The summed E-state index contributed by atoms with van der Waals surface area (Å²) in [5.41, 5.74) is 4.96. The molecule has 0 aromatic heterocycles. The molecule has 2 aliphatic heterocycles. The van der Waals surface area contributed by atoms with Crippen LogP contribution in [0.5, 0.6) is 0 Å². The van der Waals surface area contributed by atoms with Crippen molar-refractivity contribution in [2.45, 2.75) is 57.8 Å². The van der Waals surface area contributed by atoms with Crippen LogP contribution in [0.4, 0.5) is 16.2 Å². The normalized spacial score (nSPS) is 19.1. The number of amides is 3. The molecule has 4 aromatic rings. The lowest BCUT2D eigenvalue weighted by Crippen LogP contribution is -2.47. The maximum Gasteiger partial charge on any atom is 0.410 e. The number of nitrogens with zero attached hydrogens (tertiary/aromatic N) is 3. The number of para-hydroxylation sites is 1. The lowest BCUT2D eigenvalue weighted by molar-refractivity contribution is -0.117. The zero-order valence-corrected chi connectivity index (χ0v) is 26.2. The minimum Gasteiger partial charge on any atom is -0.445 e. The van der Waals surface area contributed by atoms with E-state index in [-0.39, 0.29) is 42.6 Å². The molecule has 0 N–H and O–H groups in total. The third kappa shape index (κ3) is 6.31. The number of carbonyl (C=O) groups excluding carboxylic acids is 3. The summed E-state index contributed by atoms with van der Waals surface area (Å²) >= 11 is 6.13. The molecule has 2 aliphatic rings. The molecule has 3 atom stereocenters. The number of benzene rings is 4. The maximum atomic E-state index is 14.1. The van der Waals surface area contributed by atoms with Gasteiger partial charge in [0.15, 0.2) is 0 Å². The van der Waals surface area contributed by atoms with E-state index in [1.54, 1.807) is 28.9 Å². The first-order valence-electron chi connectivity index (χ1n) is 15.4. The highest BCUT2D eigenvalue weighted by Gasteiger charge is 2.38. The van der Waals surface area contributed by atoms with Crippen molar-refractivity contribution in [2.24, 2.45) is 0 Å². The Morgan fingerprint density at radius 3 is 2.29 bits per heavy atom. The summed E-state index contributed by atoms with van der Waals surface area (Å²) in [5.74, 6) is -0.184. The van der Waals surface area contributed by atoms with Crippen LogP contribution in [0.25, 0.3) is 0 Å². The highest BCUT2D eigenvalue weighted by molar-refractivity contribution is 6.30. The summed E-state index contributed by atoms with van der Waals surface area (Å²) < 4.78 is 5.62. The smallest absolute Gasteiger partial charge is 0.410 e. The Hall–Kier alpha value is -4.62. The molecule has 6 rings (SSSR count). The number of carbonyl (C=O) groups is 3. The number of rotatable bonds is 6. The van der Waals surface area contributed by atoms with Crippen LogP contribution in [0, 0.1) is 0 Å². The first kappa shape index (κ1) is 30.4. The molecule has 0 aliphatic carbocycles. The summed E-state index contributed by atoms with van der Waals surface area (Å²) in [6, 6.07) is 31.8. The molecular weight excluding hydrogens is 586 g/mol. The lowest BCUT2D eigenvalue weighted by Gasteiger charge is -2.43. The minimum atomic E-state index is -0.326. The first-order valence-corrected chi connectivity index (χ1v) is 15.7. The van der Waals surface area contributed by atoms with Gasteiger partial charge in [0.2, 0.25) is 5.91 Å². The van der Waals surface area contributed by atoms with E-state index in [1.807, 2.05) is 103 Å². The van der Waals surface area contributed by atoms with Gasteiger partial charge >= 0.3 is 6.09 Å². The van der Waals surface area contributed by atoms with Crippen LogP contribution in [0.1, 0.15) is 72.2 Å². The van der Waals surface area contributed by atoms with Crippen molar-refractivity contribution in [1.29, 1.82) is 0 Å². The predicted molar refractivity (Wildman–Crippen MR) is 176 cm³/mol. The summed E-state index contributed by atoms with van der Waals surface area (Å²) in [6.45, 7) is 4.45. The Morgan fingerprint density at radius 2 is 1.58 bits per heavy atom. The van der Waals surface area contributed by atoms with Crippen LogP contribution in [0.2, 0.25) is 5.02 Å². The second-order valence-corrected chi connectivity index (χ2v) is 12.1. The highest BCUT2D eigenvalue weighted by Crippen LogP contribution is 2.43. The van der Waals surface area contributed by atoms with Crippen molar-refractivity contribution in [3.63, 3.8) is 0 Å². The molecule has 2 heterocycles. The SMILES string of the molecule is CC(=O)N(c1ccc(Cl)cc1)[C@@H]1C[C@H](C)N(C(=O)c2ccc(C3CCCN3C(=O)OCc3ccccc3)cc2)c2ccccc21. The number of hydrogen-bond acceptors (Lipinski definition) is 4. The largest absolute Gasteiger partial charge is 0.445 e. The highest BCUT2D eigenvalue weighted by atomic mass is 35.5. The van der Waals surface area contributed by atoms with Crippen LogP contribution in [0.3, 0.4) is 0 Å². The number of anilines is 2. The van der Waals surface area contributed by atoms with Crippen molar-refractivity contribution in [3.8, 4) is 0 Å². The van der Waals surface area contributed by atoms with Crippen LogP contribution >= 0.6 is 11.6 Å². The van der Waals surface area contributed by atoms with E-state index in [1.165, 1.54) is 0 Å². The number of halogens is 1. The molecule has 0 radical (unpaired) electrons. The monoisotopic (exact) mass is 621 g/mol. The second-order valence-electron chi connectivity index (χ2n) is 11.7. The van der Waals surface area contributed by atoms with Gasteiger partial charge in [0.25, 0.3) is 5.91 Å². The predicted octanol–water partition coefficient (Wildman–Crippen LogP) is 8.35. The van der Waals surface area contributed by atoms with Crippen LogP contribution in [-0.4, -0.2) is 35.4 Å². The fourth-order valence-corrected chi connectivity index (χ4v) is 6.77. The average Bonchev–Trinajstić information content (AvgIpc) is 3.55. The molecule has 45 heavy (non-hydrogen) atoms. The van der Waals surface area contributed by atoms with Gasteiger partial charge in [-0.15, -0.1) is 0 Å². The fourth-order valence-electron chi connectivity index (χ4n) is 6.64. The molecule has 1 saturated heterocycles. The zero-order valence-electron chi connectivity index (χ0n) is 25.4. The topological polar surface area (TPSA) is 70.2 Å². The molecule has 7 nitrogen and oxygen atoms in total. The van der Waals surface area contributed by atoms with E-state index in [4.69, 9.17) is 16.3 Å². The summed E-state index contributed by atoms with van der Waals surface area (Å²) in [5, 5.41) is 0.603. The van der Waals surface area contributed by atoms with Gasteiger partial charge in [0.1, 0.15) is 6.61 Å². The van der Waals surface area contributed by atoms with E-state index in [0.717, 1.165) is 40.9 Å². The molecular formula is C37H36ClN3O4. The number of ether oxygens (including phenoxy) is 1. The third-order valence-electron chi connectivity index (χ3n) is 8.77. The summed E-state index contributed by atoms with van der Waals surface area (Å²) in [4.78, 5) is 45.4. The molecule has 8 heteroatoms. The Kier molecular flexibility index (Phi) is 8.90. The van der Waals surface area contributed by atoms with Gasteiger partial charge in [-0.05, 0) is 85.3 Å². The fraction of sp³-hybridized carbons (Fsp3) is 0.270. The number of hydrogen-bond donors (Lipinski definition) is 0. The van der Waals surface area contributed by atoms with E-state index < -0.39 is 0 Å². The standard InChI is InChI=1S/C37H36ClN3O4/c1-25-23-35(41(26(2)42)31-20-18-30(38)19-21-31)32-11-6-7-12-34(32)40(25)36(43)29-16-14-28(15-17-29)33-13-8-22-39(33)37(44)45-24-27-9-4-3-5-10-27/h3-7,9-12,14-21,25,33,35H,8,13,22-24H2,1-2H3/t25-,33?,35+/m0/s1. The van der Waals surface area contributed by atoms with Crippen molar-refractivity contribution in [3.05, 3.63) is 130 Å². The van der Waals surface area contributed by atoms with Gasteiger partial charge in [-0.3, -0.25) is 9.59 Å².